The molecule has 0 spiro atoms. The van der Waals surface area contributed by atoms with Gasteiger partial charge in [0.2, 0.25) is 0 Å². The molecule has 0 aliphatic heterocycles. The summed E-state index contributed by atoms with van der Waals surface area (Å²) < 4.78 is 0. The molecule has 1 aliphatic carbocycles. The lowest BCUT2D eigenvalue weighted by Gasteiger charge is -2.35. The zero-order chi connectivity index (χ0) is 12.8. The summed E-state index contributed by atoms with van der Waals surface area (Å²) in [4.78, 5) is 12.5. The van der Waals surface area contributed by atoms with Gasteiger partial charge in [0.05, 0.1) is 5.41 Å². The molecule has 1 aromatic carbocycles. The van der Waals surface area contributed by atoms with E-state index in [0.717, 1.165) is 37.4 Å². The number of halogens is 1. The van der Waals surface area contributed by atoms with E-state index >= 15 is 0 Å². The maximum atomic E-state index is 12.5. The first-order valence-electron chi connectivity index (χ1n) is 6.59. The maximum absolute atomic E-state index is 12.5. The molecular formula is C16H19BrO. The van der Waals surface area contributed by atoms with Crippen LogP contribution in [0.4, 0.5) is 0 Å². The fourth-order valence-electron chi connectivity index (χ4n) is 2.83. The molecule has 0 bridgehead atoms. The summed E-state index contributed by atoms with van der Waals surface area (Å²) in [6, 6.07) is 10.3. The van der Waals surface area contributed by atoms with Crippen LogP contribution in [0.3, 0.4) is 0 Å². The van der Waals surface area contributed by atoms with Gasteiger partial charge in [0, 0.05) is 11.8 Å². The average molecular weight is 307 g/mol. The predicted molar refractivity (Wildman–Crippen MR) is 79.1 cm³/mol. The molecule has 0 saturated heterocycles. The maximum Gasteiger partial charge on any atom is 0.143 e. The molecule has 1 saturated carbocycles. The third kappa shape index (κ3) is 2.74. The first-order chi connectivity index (χ1) is 8.79. The van der Waals surface area contributed by atoms with Gasteiger partial charge in [-0.3, -0.25) is 4.79 Å². The second-order valence-electron chi connectivity index (χ2n) is 4.91. The molecule has 18 heavy (non-hydrogen) atoms. The van der Waals surface area contributed by atoms with Gasteiger partial charge in [0.15, 0.2) is 0 Å². The Labute approximate surface area is 117 Å². The number of Topliss-reactive ketones (excluding diaryl/α,β-unsaturated/α-hetero) is 1. The first-order valence-corrected chi connectivity index (χ1v) is 7.71. The van der Waals surface area contributed by atoms with E-state index in [2.05, 4.69) is 40.2 Å². The monoisotopic (exact) mass is 306 g/mol. The van der Waals surface area contributed by atoms with Gasteiger partial charge >= 0.3 is 0 Å². The van der Waals surface area contributed by atoms with Crippen LogP contribution in [0.2, 0.25) is 0 Å². The molecule has 1 atom stereocenters. The second kappa shape index (κ2) is 6.33. The number of hydrogen-bond donors (Lipinski definition) is 0. The minimum atomic E-state index is -0.266. The SMILES string of the molecule is O=C1CCCCC1(C/C=C\CBr)c1ccccc1. The van der Waals surface area contributed by atoms with Gasteiger partial charge in [-0.15, -0.1) is 0 Å². The predicted octanol–water partition coefficient (Wildman–Crippen LogP) is 4.41. The lowest BCUT2D eigenvalue weighted by atomic mass is 9.66. The zero-order valence-corrected chi connectivity index (χ0v) is 12.2. The lowest BCUT2D eigenvalue weighted by Crippen LogP contribution is -2.38. The smallest absolute Gasteiger partial charge is 0.143 e. The highest BCUT2D eigenvalue weighted by Crippen LogP contribution is 2.39. The highest BCUT2D eigenvalue weighted by atomic mass is 79.9. The van der Waals surface area contributed by atoms with E-state index in [9.17, 15) is 4.79 Å². The summed E-state index contributed by atoms with van der Waals surface area (Å²) in [6.45, 7) is 0. The Balaban J connectivity index is 2.33. The number of ketones is 1. The van der Waals surface area contributed by atoms with Gasteiger partial charge in [0.25, 0.3) is 0 Å². The Kier molecular flexibility index (Phi) is 4.76. The van der Waals surface area contributed by atoms with E-state index in [4.69, 9.17) is 0 Å². The Hall–Kier alpha value is -0.890. The number of carbonyl (C=O) groups excluding carboxylic acids is 1. The fraction of sp³-hybridized carbons (Fsp3) is 0.438. The Bertz CT molecular complexity index is 424. The van der Waals surface area contributed by atoms with Crippen LogP contribution in [-0.2, 0) is 10.2 Å². The normalized spacial score (nSPS) is 24.6. The fourth-order valence-corrected chi connectivity index (χ4v) is 3.10. The number of benzene rings is 1. The molecule has 2 rings (SSSR count). The molecule has 0 N–H and O–H groups in total. The third-order valence-electron chi connectivity index (χ3n) is 3.84. The van der Waals surface area contributed by atoms with Crippen molar-refractivity contribution < 1.29 is 4.79 Å². The number of rotatable bonds is 4. The quantitative estimate of drug-likeness (QED) is 0.595. The summed E-state index contributed by atoms with van der Waals surface area (Å²) >= 11 is 3.39. The van der Waals surface area contributed by atoms with Crippen LogP contribution < -0.4 is 0 Å². The molecule has 2 heteroatoms. The summed E-state index contributed by atoms with van der Waals surface area (Å²) in [7, 11) is 0. The van der Waals surface area contributed by atoms with Crippen molar-refractivity contribution in [2.24, 2.45) is 0 Å². The van der Waals surface area contributed by atoms with Crippen LogP contribution in [-0.4, -0.2) is 11.1 Å². The van der Waals surface area contributed by atoms with E-state index in [1.54, 1.807) is 0 Å². The van der Waals surface area contributed by atoms with Crippen molar-refractivity contribution in [1.29, 1.82) is 0 Å². The van der Waals surface area contributed by atoms with Gasteiger partial charge in [-0.05, 0) is 24.8 Å². The molecular weight excluding hydrogens is 288 g/mol. The van der Waals surface area contributed by atoms with Crippen molar-refractivity contribution in [3.8, 4) is 0 Å². The van der Waals surface area contributed by atoms with E-state index in [1.807, 2.05) is 18.2 Å². The summed E-state index contributed by atoms with van der Waals surface area (Å²) in [6.07, 6.45) is 9.00. The zero-order valence-electron chi connectivity index (χ0n) is 10.6. The Morgan fingerprint density at radius 1 is 1.17 bits per heavy atom. The highest BCUT2D eigenvalue weighted by molar-refractivity contribution is 9.09. The third-order valence-corrected chi connectivity index (χ3v) is 4.21. The molecule has 0 amide bonds. The molecule has 0 heterocycles. The number of carbonyl (C=O) groups is 1. The molecule has 1 unspecified atom stereocenters. The van der Waals surface area contributed by atoms with Crippen molar-refractivity contribution in [2.75, 3.05) is 5.33 Å². The van der Waals surface area contributed by atoms with Crippen molar-refractivity contribution in [3.05, 3.63) is 48.0 Å². The summed E-state index contributed by atoms with van der Waals surface area (Å²) in [5.41, 5.74) is 0.923. The molecule has 1 fully saturated rings. The van der Waals surface area contributed by atoms with Crippen molar-refractivity contribution in [1.82, 2.24) is 0 Å². The first kappa shape index (κ1) is 13.5. The highest BCUT2D eigenvalue weighted by Gasteiger charge is 2.39. The van der Waals surface area contributed by atoms with Crippen LogP contribution >= 0.6 is 15.9 Å². The van der Waals surface area contributed by atoms with Crippen LogP contribution in [0.15, 0.2) is 42.5 Å². The number of alkyl halides is 1. The van der Waals surface area contributed by atoms with E-state index in [0.29, 0.717) is 5.78 Å². The van der Waals surface area contributed by atoms with Crippen LogP contribution in [0.1, 0.15) is 37.7 Å². The molecule has 1 aliphatic rings. The average Bonchev–Trinajstić information content (AvgIpc) is 2.42. The minimum Gasteiger partial charge on any atom is -0.299 e. The minimum absolute atomic E-state index is 0.266. The van der Waals surface area contributed by atoms with Gasteiger partial charge in [-0.2, -0.15) is 0 Å². The largest absolute Gasteiger partial charge is 0.299 e. The lowest BCUT2D eigenvalue weighted by molar-refractivity contribution is -0.126. The van der Waals surface area contributed by atoms with Crippen molar-refractivity contribution >= 4 is 21.7 Å². The van der Waals surface area contributed by atoms with Gasteiger partial charge in [0.1, 0.15) is 5.78 Å². The van der Waals surface area contributed by atoms with Crippen molar-refractivity contribution in [3.63, 3.8) is 0 Å². The van der Waals surface area contributed by atoms with E-state index in [1.165, 1.54) is 5.56 Å². The Morgan fingerprint density at radius 2 is 1.94 bits per heavy atom. The van der Waals surface area contributed by atoms with E-state index in [-0.39, 0.29) is 5.41 Å². The van der Waals surface area contributed by atoms with Crippen molar-refractivity contribution in [2.45, 2.75) is 37.5 Å². The molecule has 96 valence electrons. The standard InChI is InChI=1S/C16H19BrO/c17-13-7-6-12-16(11-5-4-10-15(16)18)14-8-2-1-3-9-14/h1-3,6-9H,4-5,10-13H2/b7-6-. The number of allylic oxidation sites excluding steroid dienone is 2. The van der Waals surface area contributed by atoms with Gasteiger partial charge < -0.3 is 0 Å². The topological polar surface area (TPSA) is 17.1 Å². The number of hydrogen-bond acceptors (Lipinski definition) is 1. The van der Waals surface area contributed by atoms with Crippen LogP contribution in [0.5, 0.6) is 0 Å². The molecule has 0 radical (unpaired) electrons. The van der Waals surface area contributed by atoms with Gasteiger partial charge in [-0.1, -0.05) is 64.8 Å². The summed E-state index contributed by atoms with van der Waals surface area (Å²) in [5.74, 6) is 0.416. The van der Waals surface area contributed by atoms with Gasteiger partial charge in [-0.25, -0.2) is 0 Å². The Morgan fingerprint density at radius 3 is 2.61 bits per heavy atom. The van der Waals surface area contributed by atoms with E-state index < -0.39 is 0 Å². The molecule has 1 nitrogen and oxygen atoms in total. The second-order valence-corrected chi connectivity index (χ2v) is 5.56. The summed E-state index contributed by atoms with van der Waals surface area (Å²) in [5, 5.41) is 0.853. The van der Waals surface area contributed by atoms with Crippen LogP contribution in [0, 0.1) is 0 Å². The molecule has 1 aromatic rings. The van der Waals surface area contributed by atoms with Crippen LogP contribution in [0.25, 0.3) is 0 Å². The molecule has 0 aromatic heterocycles.